The molecule has 1 aromatic rings. The van der Waals surface area contributed by atoms with E-state index in [1.54, 1.807) is 25.3 Å². The molecule has 0 aliphatic carbocycles. The number of carbonyl (C=O) groups is 1. The van der Waals surface area contributed by atoms with Crippen molar-refractivity contribution >= 4 is 15.9 Å². The number of piperidine rings is 1. The van der Waals surface area contributed by atoms with Crippen LogP contribution < -0.4 is 10.1 Å². The zero-order chi connectivity index (χ0) is 20.7. The summed E-state index contributed by atoms with van der Waals surface area (Å²) in [6.07, 6.45) is 2.02. The number of benzene rings is 1. The molecule has 0 bridgehead atoms. The molecule has 0 aromatic heterocycles. The highest BCUT2D eigenvalue weighted by molar-refractivity contribution is 7.89. The minimum Gasteiger partial charge on any atom is -0.496 e. The van der Waals surface area contributed by atoms with Gasteiger partial charge in [-0.2, -0.15) is 4.31 Å². The van der Waals surface area contributed by atoms with E-state index in [2.05, 4.69) is 5.32 Å². The van der Waals surface area contributed by atoms with Crippen molar-refractivity contribution in [1.29, 1.82) is 0 Å². The monoisotopic (exact) mass is 412 g/mol. The lowest BCUT2D eigenvalue weighted by molar-refractivity contribution is -0.126. The van der Waals surface area contributed by atoms with Gasteiger partial charge in [0.2, 0.25) is 15.9 Å². The molecule has 1 aliphatic heterocycles. The van der Waals surface area contributed by atoms with Crippen molar-refractivity contribution in [3.8, 4) is 5.75 Å². The quantitative estimate of drug-likeness (QED) is 0.629. The Morgan fingerprint density at radius 1 is 1.29 bits per heavy atom. The van der Waals surface area contributed by atoms with E-state index in [-0.39, 0.29) is 22.8 Å². The Morgan fingerprint density at radius 3 is 2.54 bits per heavy atom. The fourth-order valence-corrected chi connectivity index (χ4v) is 4.82. The normalized spacial score (nSPS) is 16.3. The van der Waals surface area contributed by atoms with Gasteiger partial charge in [0.25, 0.3) is 0 Å². The molecule has 0 unspecified atom stereocenters. The van der Waals surface area contributed by atoms with Crippen LogP contribution in [0.2, 0.25) is 0 Å². The van der Waals surface area contributed by atoms with Crippen molar-refractivity contribution in [2.75, 3.05) is 33.4 Å². The number of aryl methyl sites for hydroxylation is 1. The van der Waals surface area contributed by atoms with Crippen LogP contribution in [0.15, 0.2) is 23.1 Å². The van der Waals surface area contributed by atoms with Crippen LogP contribution in [0.5, 0.6) is 5.75 Å². The highest BCUT2D eigenvalue weighted by Crippen LogP contribution is 2.27. The van der Waals surface area contributed by atoms with Crippen molar-refractivity contribution in [2.45, 2.75) is 51.0 Å². The molecule has 1 heterocycles. The number of ether oxygens (including phenoxy) is 2. The SMILES string of the molecule is COc1ccc(S(=O)(=O)N2CCC(C(=O)NCCCOC(C)C)CC2)cc1C. The summed E-state index contributed by atoms with van der Waals surface area (Å²) >= 11 is 0. The first-order valence-corrected chi connectivity index (χ1v) is 11.2. The minimum atomic E-state index is -3.56. The first-order valence-electron chi connectivity index (χ1n) is 9.79. The summed E-state index contributed by atoms with van der Waals surface area (Å²) in [5, 5.41) is 2.93. The molecule has 0 saturated carbocycles. The van der Waals surface area contributed by atoms with Crippen LogP contribution in [0.4, 0.5) is 0 Å². The number of hydrogen-bond acceptors (Lipinski definition) is 5. The summed E-state index contributed by atoms with van der Waals surface area (Å²) in [4.78, 5) is 12.6. The number of nitrogens with zero attached hydrogens (tertiary/aromatic N) is 1. The molecule has 0 radical (unpaired) electrons. The molecule has 1 N–H and O–H groups in total. The summed E-state index contributed by atoms with van der Waals surface area (Å²) in [6.45, 7) is 7.68. The van der Waals surface area contributed by atoms with Gasteiger partial charge in [0.05, 0.1) is 18.1 Å². The van der Waals surface area contributed by atoms with Gasteiger partial charge in [-0.15, -0.1) is 0 Å². The van der Waals surface area contributed by atoms with E-state index in [1.807, 2.05) is 20.8 Å². The molecular weight excluding hydrogens is 380 g/mol. The fourth-order valence-electron chi connectivity index (χ4n) is 3.27. The van der Waals surface area contributed by atoms with Gasteiger partial charge in [-0.25, -0.2) is 8.42 Å². The van der Waals surface area contributed by atoms with E-state index < -0.39 is 10.0 Å². The molecule has 1 aromatic carbocycles. The van der Waals surface area contributed by atoms with Gasteiger partial charge in [-0.1, -0.05) is 0 Å². The molecular formula is C20H32N2O5S. The molecule has 7 nitrogen and oxygen atoms in total. The van der Waals surface area contributed by atoms with E-state index in [0.29, 0.717) is 44.8 Å². The van der Waals surface area contributed by atoms with Crippen LogP contribution in [-0.4, -0.2) is 58.1 Å². The molecule has 0 spiro atoms. The molecule has 8 heteroatoms. The van der Waals surface area contributed by atoms with Gasteiger partial charge in [-0.05, 0) is 63.8 Å². The lowest BCUT2D eigenvalue weighted by Crippen LogP contribution is -2.43. The zero-order valence-corrected chi connectivity index (χ0v) is 18.0. The second-order valence-corrected chi connectivity index (χ2v) is 9.31. The van der Waals surface area contributed by atoms with Gasteiger partial charge < -0.3 is 14.8 Å². The van der Waals surface area contributed by atoms with E-state index >= 15 is 0 Å². The van der Waals surface area contributed by atoms with E-state index in [0.717, 1.165) is 12.0 Å². The Morgan fingerprint density at radius 2 is 1.96 bits per heavy atom. The third-order valence-electron chi connectivity index (χ3n) is 4.90. The van der Waals surface area contributed by atoms with E-state index in [1.165, 1.54) is 4.31 Å². The fraction of sp³-hybridized carbons (Fsp3) is 0.650. The first kappa shape index (κ1) is 22.6. The van der Waals surface area contributed by atoms with Crippen LogP contribution in [0.1, 0.15) is 38.7 Å². The molecule has 0 atom stereocenters. The number of nitrogens with one attached hydrogen (secondary N) is 1. The third kappa shape index (κ3) is 5.93. The smallest absolute Gasteiger partial charge is 0.243 e. The third-order valence-corrected chi connectivity index (χ3v) is 6.79. The second-order valence-electron chi connectivity index (χ2n) is 7.37. The van der Waals surface area contributed by atoms with E-state index in [4.69, 9.17) is 9.47 Å². The van der Waals surface area contributed by atoms with Crippen molar-refractivity contribution in [3.05, 3.63) is 23.8 Å². The summed E-state index contributed by atoms with van der Waals surface area (Å²) in [6, 6.07) is 4.87. The molecule has 1 aliphatic rings. The Kier molecular flexibility index (Phi) is 8.27. The molecule has 158 valence electrons. The standard InChI is InChI=1S/C20H32N2O5S/c1-15(2)27-13-5-10-21-20(23)17-8-11-22(12-9-17)28(24,25)18-6-7-19(26-4)16(3)14-18/h6-7,14-15,17H,5,8-13H2,1-4H3,(H,21,23). The lowest BCUT2D eigenvalue weighted by atomic mass is 9.97. The highest BCUT2D eigenvalue weighted by Gasteiger charge is 2.32. The van der Waals surface area contributed by atoms with Gasteiger partial charge in [0.1, 0.15) is 5.75 Å². The zero-order valence-electron chi connectivity index (χ0n) is 17.2. The van der Waals surface area contributed by atoms with Crippen LogP contribution in [0.25, 0.3) is 0 Å². The molecule has 28 heavy (non-hydrogen) atoms. The van der Waals surface area contributed by atoms with Crippen molar-refractivity contribution in [3.63, 3.8) is 0 Å². The van der Waals surface area contributed by atoms with Crippen molar-refractivity contribution in [2.24, 2.45) is 5.92 Å². The second kappa shape index (κ2) is 10.2. The van der Waals surface area contributed by atoms with Gasteiger partial charge >= 0.3 is 0 Å². The maximum absolute atomic E-state index is 12.9. The van der Waals surface area contributed by atoms with Crippen molar-refractivity contribution < 1.29 is 22.7 Å². The average molecular weight is 413 g/mol. The Balaban J connectivity index is 1.85. The van der Waals surface area contributed by atoms with Crippen LogP contribution in [-0.2, 0) is 19.6 Å². The predicted octanol–water partition coefficient (Wildman–Crippen LogP) is 2.34. The molecule has 2 rings (SSSR count). The van der Waals surface area contributed by atoms with Crippen LogP contribution in [0.3, 0.4) is 0 Å². The number of sulfonamides is 1. The maximum Gasteiger partial charge on any atom is 0.243 e. The average Bonchev–Trinajstić information content (AvgIpc) is 2.67. The lowest BCUT2D eigenvalue weighted by Gasteiger charge is -2.30. The van der Waals surface area contributed by atoms with Crippen molar-refractivity contribution in [1.82, 2.24) is 9.62 Å². The van der Waals surface area contributed by atoms with Gasteiger partial charge in [-0.3, -0.25) is 4.79 Å². The highest BCUT2D eigenvalue weighted by atomic mass is 32.2. The number of amides is 1. The minimum absolute atomic E-state index is 0.00175. The van der Waals surface area contributed by atoms with Crippen LogP contribution in [0, 0.1) is 12.8 Å². The summed E-state index contributed by atoms with van der Waals surface area (Å²) < 4.78 is 37.9. The number of hydrogen-bond donors (Lipinski definition) is 1. The van der Waals surface area contributed by atoms with Crippen LogP contribution >= 0.6 is 0 Å². The molecule has 1 saturated heterocycles. The topological polar surface area (TPSA) is 84.9 Å². The number of carbonyl (C=O) groups excluding carboxylic acids is 1. The summed E-state index contributed by atoms with van der Waals surface area (Å²) in [7, 11) is -2.00. The number of methoxy groups -OCH3 is 1. The first-order chi connectivity index (χ1) is 13.3. The largest absolute Gasteiger partial charge is 0.496 e. The maximum atomic E-state index is 12.9. The summed E-state index contributed by atoms with van der Waals surface area (Å²) in [5.41, 5.74) is 0.777. The number of rotatable bonds is 9. The molecule has 1 amide bonds. The Labute approximate surface area is 168 Å². The van der Waals surface area contributed by atoms with Gasteiger partial charge in [0, 0.05) is 32.2 Å². The van der Waals surface area contributed by atoms with Gasteiger partial charge in [0.15, 0.2) is 0 Å². The predicted molar refractivity (Wildman–Crippen MR) is 108 cm³/mol. The Hall–Kier alpha value is -1.64. The summed E-state index contributed by atoms with van der Waals surface area (Å²) in [5.74, 6) is 0.519. The van der Waals surface area contributed by atoms with E-state index in [9.17, 15) is 13.2 Å². The molecule has 1 fully saturated rings. The Bertz CT molecular complexity index is 756.